The largest absolute Gasteiger partial charge is 0.401 e. The Bertz CT molecular complexity index is 1240. The van der Waals surface area contributed by atoms with Crippen LogP contribution < -0.4 is 5.32 Å². The molecule has 1 aliphatic carbocycles. The van der Waals surface area contributed by atoms with E-state index in [0.29, 0.717) is 37.7 Å². The van der Waals surface area contributed by atoms with Crippen LogP contribution in [0.25, 0.3) is 22.8 Å². The van der Waals surface area contributed by atoms with Gasteiger partial charge in [-0.2, -0.15) is 13.2 Å². The van der Waals surface area contributed by atoms with E-state index in [9.17, 15) is 13.2 Å². The molecule has 0 amide bonds. The highest BCUT2D eigenvalue weighted by atomic mass is 19.4. The summed E-state index contributed by atoms with van der Waals surface area (Å²) in [5.74, 6) is 1.12. The molecule has 3 aromatic heterocycles. The van der Waals surface area contributed by atoms with E-state index in [-0.39, 0.29) is 24.7 Å². The molecule has 35 heavy (non-hydrogen) atoms. The van der Waals surface area contributed by atoms with E-state index in [2.05, 4.69) is 25.1 Å². The number of halogens is 3. The number of alkyl halides is 3. The van der Waals surface area contributed by atoms with Crippen molar-refractivity contribution < 1.29 is 17.9 Å². The van der Waals surface area contributed by atoms with Crippen LogP contribution in [-0.2, 0) is 23.2 Å². The van der Waals surface area contributed by atoms with E-state index in [4.69, 9.17) is 9.72 Å². The molecule has 1 saturated carbocycles. The molecule has 0 spiro atoms. The molecule has 3 aliphatic rings. The maximum absolute atomic E-state index is 14.0. The fraction of sp³-hybridized carbons (Fsp3) is 0.583. The predicted molar refractivity (Wildman–Crippen MR) is 123 cm³/mol. The first-order valence-electron chi connectivity index (χ1n) is 12.2. The van der Waals surface area contributed by atoms with Crippen LogP contribution in [0.4, 0.5) is 19.1 Å². The zero-order chi connectivity index (χ0) is 24.2. The van der Waals surface area contributed by atoms with Gasteiger partial charge in [0, 0.05) is 50.3 Å². The molecule has 0 atom stereocenters. The van der Waals surface area contributed by atoms with Gasteiger partial charge in [0.15, 0.2) is 5.82 Å². The molecule has 11 heteroatoms. The average molecular weight is 488 g/mol. The average Bonchev–Trinajstić information content (AvgIpc) is 3.35. The summed E-state index contributed by atoms with van der Waals surface area (Å²) in [5.41, 5.74) is 1.51. The van der Waals surface area contributed by atoms with E-state index < -0.39 is 11.6 Å². The summed E-state index contributed by atoms with van der Waals surface area (Å²) in [7, 11) is 0. The molecule has 1 N–H and O–H groups in total. The molecule has 0 unspecified atom stereocenters. The lowest BCUT2D eigenvalue weighted by Gasteiger charge is -2.42. The number of fused-ring (bicyclic) bond motifs is 3. The van der Waals surface area contributed by atoms with Gasteiger partial charge >= 0.3 is 6.18 Å². The highest BCUT2D eigenvalue weighted by Crippen LogP contribution is 2.54. The number of hydrogen-bond donors (Lipinski definition) is 1. The molecule has 0 bridgehead atoms. The van der Waals surface area contributed by atoms with Gasteiger partial charge in [-0.1, -0.05) is 6.42 Å². The van der Waals surface area contributed by atoms with E-state index in [1.54, 1.807) is 10.8 Å². The van der Waals surface area contributed by atoms with E-state index >= 15 is 0 Å². The van der Waals surface area contributed by atoms with Crippen LogP contribution in [0.1, 0.15) is 49.9 Å². The minimum Gasteiger partial charge on any atom is -0.381 e. The van der Waals surface area contributed by atoms with Crippen LogP contribution in [-0.4, -0.2) is 54.7 Å². The molecule has 8 nitrogen and oxygen atoms in total. The Balaban J connectivity index is 1.36. The SMILES string of the molecule is Cc1cnc(NC2CCOCC2)nc1-c1cc2n(c1)CCCn1c-2nnc1C1(C(F)(F)F)CCC1. The molecule has 0 radical (unpaired) electrons. The molecule has 1 saturated heterocycles. The van der Waals surface area contributed by atoms with Crippen LogP contribution >= 0.6 is 0 Å². The molecule has 3 aromatic rings. The highest BCUT2D eigenvalue weighted by molar-refractivity contribution is 5.70. The second-order valence-electron chi connectivity index (χ2n) is 9.85. The Labute approximate surface area is 200 Å². The molecular weight excluding hydrogens is 459 g/mol. The summed E-state index contributed by atoms with van der Waals surface area (Å²) in [6, 6.07) is 2.24. The number of nitrogens with zero attached hydrogens (tertiary/aromatic N) is 6. The maximum Gasteiger partial charge on any atom is 0.401 e. The predicted octanol–water partition coefficient (Wildman–Crippen LogP) is 4.49. The van der Waals surface area contributed by atoms with Crippen LogP contribution in [0.5, 0.6) is 0 Å². The van der Waals surface area contributed by atoms with Crippen molar-refractivity contribution in [2.75, 3.05) is 18.5 Å². The van der Waals surface area contributed by atoms with Gasteiger partial charge in [0.05, 0.1) is 11.4 Å². The second kappa shape index (κ2) is 8.32. The lowest BCUT2D eigenvalue weighted by atomic mass is 9.67. The van der Waals surface area contributed by atoms with Crippen molar-refractivity contribution in [3.05, 3.63) is 29.8 Å². The van der Waals surface area contributed by atoms with Crippen molar-refractivity contribution in [1.29, 1.82) is 0 Å². The van der Waals surface area contributed by atoms with Gasteiger partial charge in [0.25, 0.3) is 0 Å². The van der Waals surface area contributed by atoms with Gasteiger partial charge in [0.1, 0.15) is 11.2 Å². The summed E-state index contributed by atoms with van der Waals surface area (Å²) in [4.78, 5) is 9.25. The molecule has 186 valence electrons. The standard InChI is InChI=1S/C24H28F3N7O/c1-15-13-28-22(29-17-4-10-35-11-5-17)30-19(15)16-12-18-20-31-32-21(23(6-2-7-23)24(25,26)27)34(20)9-3-8-33(18)14-16/h12-14,17H,2-11H2,1H3,(H,28,29,30). The zero-order valence-corrected chi connectivity index (χ0v) is 19.6. The van der Waals surface area contributed by atoms with Gasteiger partial charge in [-0.05, 0) is 50.7 Å². The first-order chi connectivity index (χ1) is 16.9. The maximum atomic E-state index is 14.0. The Morgan fingerprint density at radius 2 is 1.91 bits per heavy atom. The number of ether oxygens (including phenoxy) is 1. The van der Waals surface area contributed by atoms with Gasteiger partial charge < -0.3 is 19.2 Å². The van der Waals surface area contributed by atoms with Crippen LogP contribution in [0.2, 0.25) is 0 Å². The van der Waals surface area contributed by atoms with Crippen molar-refractivity contribution in [3.8, 4) is 22.8 Å². The summed E-state index contributed by atoms with van der Waals surface area (Å²) in [5, 5.41) is 11.8. The van der Waals surface area contributed by atoms with Gasteiger partial charge in [-0.3, -0.25) is 0 Å². The summed E-state index contributed by atoms with van der Waals surface area (Å²) in [6.07, 6.45) is 2.70. The molecule has 6 rings (SSSR count). The number of aryl methyl sites for hydroxylation is 2. The third-order valence-corrected chi connectivity index (χ3v) is 7.63. The van der Waals surface area contributed by atoms with Crippen molar-refractivity contribution in [3.63, 3.8) is 0 Å². The van der Waals surface area contributed by atoms with Crippen molar-refractivity contribution in [2.45, 2.75) is 76.2 Å². The van der Waals surface area contributed by atoms with Crippen molar-refractivity contribution in [1.82, 2.24) is 29.3 Å². The Morgan fingerprint density at radius 1 is 1.11 bits per heavy atom. The summed E-state index contributed by atoms with van der Waals surface area (Å²) < 4.78 is 51.3. The monoisotopic (exact) mass is 487 g/mol. The van der Waals surface area contributed by atoms with Crippen LogP contribution in [0.3, 0.4) is 0 Å². The molecule has 5 heterocycles. The second-order valence-corrected chi connectivity index (χ2v) is 9.85. The third kappa shape index (κ3) is 3.71. The van der Waals surface area contributed by atoms with Crippen molar-refractivity contribution >= 4 is 5.95 Å². The first-order valence-corrected chi connectivity index (χ1v) is 12.2. The lowest BCUT2D eigenvalue weighted by molar-refractivity contribution is -0.216. The summed E-state index contributed by atoms with van der Waals surface area (Å²) >= 11 is 0. The van der Waals surface area contributed by atoms with E-state index in [1.807, 2.05) is 19.2 Å². The zero-order valence-electron chi connectivity index (χ0n) is 19.6. The minimum absolute atomic E-state index is 0.0589. The number of aromatic nitrogens is 6. The Hall–Kier alpha value is -2.95. The fourth-order valence-corrected chi connectivity index (χ4v) is 5.46. The smallest absolute Gasteiger partial charge is 0.381 e. The number of anilines is 1. The third-order valence-electron chi connectivity index (χ3n) is 7.63. The normalized spacial score (nSPS) is 20.0. The number of hydrogen-bond acceptors (Lipinski definition) is 6. The van der Waals surface area contributed by atoms with E-state index in [0.717, 1.165) is 48.6 Å². The number of nitrogens with one attached hydrogen (secondary N) is 1. The van der Waals surface area contributed by atoms with Gasteiger partial charge in [-0.15, -0.1) is 10.2 Å². The highest BCUT2D eigenvalue weighted by Gasteiger charge is 2.62. The molecule has 2 aliphatic heterocycles. The Morgan fingerprint density at radius 3 is 2.63 bits per heavy atom. The fourth-order valence-electron chi connectivity index (χ4n) is 5.46. The quantitative estimate of drug-likeness (QED) is 0.584. The topological polar surface area (TPSA) is 82.7 Å². The van der Waals surface area contributed by atoms with Crippen LogP contribution in [0, 0.1) is 6.92 Å². The summed E-state index contributed by atoms with van der Waals surface area (Å²) in [6.45, 7) is 4.56. The van der Waals surface area contributed by atoms with Gasteiger partial charge in [-0.25, -0.2) is 9.97 Å². The first kappa shape index (κ1) is 22.5. The number of rotatable bonds is 4. The van der Waals surface area contributed by atoms with E-state index in [1.165, 1.54) is 0 Å². The molecule has 2 fully saturated rings. The van der Waals surface area contributed by atoms with Crippen LogP contribution in [0.15, 0.2) is 18.5 Å². The molecule has 0 aromatic carbocycles. The Kier molecular flexibility index (Phi) is 5.35. The van der Waals surface area contributed by atoms with Crippen molar-refractivity contribution in [2.24, 2.45) is 0 Å². The molecular formula is C24H28F3N7O. The van der Waals surface area contributed by atoms with Gasteiger partial charge in [0.2, 0.25) is 5.95 Å². The lowest BCUT2D eigenvalue weighted by Crippen LogP contribution is -2.49. The minimum atomic E-state index is -4.33.